The van der Waals surface area contributed by atoms with Crippen LogP contribution >= 0.6 is 0 Å². The molecule has 1 rings (SSSR count). The van der Waals surface area contributed by atoms with E-state index in [1.165, 1.54) is 6.92 Å². The lowest BCUT2D eigenvalue weighted by molar-refractivity contribution is -0.139. The average molecular weight is 306 g/mol. The van der Waals surface area contributed by atoms with Gasteiger partial charge in [0.1, 0.15) is 0 Å². The molecule has 20 heavy (non-hydrogen) atoms. The highest BCUT2D eigenvalue weighted by atomic mass is 32.2. The van der Waals surface area contributed by atoms with Gasteiger partial charge in [-0.05, 0) is 32.6 Å². The van der Waals surface area contributed by atoms with Gasteiger partial charge in [-0.15, -0.1) is 0 Å². The van der Waals surface area contributed by atoms with Crippen molar-refractivity contribution in [3.63, 3.8) is 0 Å². The number of hydrogen-bond donors (Lipinski definition) is 2. The van der Waals surface area contributed by atoms with Gasteiger partial charge in [0.25, 0.3) is 0 Å². The lowest BCUT2D eigenvalue weighted by Gasteiger charge is -2.35. The first kappa shape index (κ1) is 16.9. The first-order valence-corrected chi connectivity index (χ1v) is 8.49. The molecule has 0 spiro atoms. The fourth-order valence-corrected chi connectivity index (χ4v) is 2.84. The Morgan fingerprint density at radius 3 is 2.65 bits per heavy atom. The van der Waals surface area contributed by atoms with E-state index in [4.69, 9.17) is 5.11 Å². The van der Waals surface area contributed by atoms with E-state index in [1.54, 1.807) is 4.90 Å². The summed E-state index contributed by atoms with van der Waals surface area (Å²) in [5, 5.41) is 8.72. The summed E-state index contributed by atoms with van der Waals surface area (Å²) in [6.45, 7) is 1.82. The monoisotopic (exact) mass is 306 g/mol. The molecule has 0 aromatic rings. The molecular weight excluding hydrogens is 284 g/mol. The Kier molecular flexibility index (Phi) is 6.41. The van der Waals surface area contributed by atoms with Crippen molar-refractivity contribution in [2.45, 2.75) is 45.1 Å². The van der Waals surface area contributed by atoms with Gasteiger partial charge in [-0.3, -0.25) is 9.59 Å². The van der Waals surface area contributed by atoms with Gasteiger partial charge in [-0.1, -0.05) is 0 Å². The molecule has 1 saturated heterocycles. The first-order valence-electron chi connectivity index (χ1n) is 6.84. The number of carboxylic acids is 1. The van der Waals surface area contributed by atoms with E-state index in [0.717, 1.165) is 19.3 Å². The number of sulfonamides is 1. The molecule has 0 aromatic heterocycles. The molecule has 2 N–H and O–H groups in total. The summed E-state index contributed by atoms with van der Waals surface area (Å²) in [6, 6.07) is -0.0986. The third-order valence-electron chi connectivity index (χ3n) is 3.46. The van der Waals surface area contributed by atoms with Crippen molar-refractivity contribution in [2.24, 2.45) is 0 Å². The molecule has 8 heteroatoms. The van der Waals surface area contributed by atoms with Crippen LogP contribution in [0.4, 0.5) is 0 Å². The predicted molar refractivity (Wildman–Crippen MR) is 73.7 cm³/mol. The van der Waals surface area contributed by atoms with Crippen LogP contribution in [-0.2, 0) is 19.6 Å². The molecule has 0 radical (unpaired) electrons. The van der Waals surface area contributed by atoms with Crippen LogP contribution in [0.1, 0.15) is 39.0 Å². The first-order chi connectivity index (χ1) is 9.35. The third-order valence-corrected chi connectivity index (χ3v) is 4.81. The molecule has 1 fully saturated rings. The number of nitrogens with one attached hydrogen (secondary N) is 1. The van der Waals surface area contributed by atoms with Crippen molar-refractivity contribution in [1.82, 2.24) is 9.62 Å². The Morgan fingerprint density at radius 1 is 1.35 bits per heavy atom. The van der Waals surface area contributed by atoms with Gasteiger partial charge in [-0.25, -0.2) is 13.1 Å². The second-order valence-electron chi connectivity index (χ2n) is 4.89. The van der Waals surface area contributed by atoms with E-state index >= 15 is 0 Å². The van der Waals surface area contributed by atoms with Crippen LogP contribution in [0.5, 0.6) is 0 Å². The van der Waals surface area contributed by atoms with Crippen molar-refractivity contribution in [1.29, 1.82) is 0 Å². The number of rotatable bonds is 7. The molecule has 1 amide bonds. The van der Waals surface area contributed by atoms with Crippen LogP contribution in [0.15, 0.2) is 0 Å². The highest BCUT2D eigenvalue weighted by molar-refractivity contribution is 7.89. The highest BCUT2D eigenvalue weighted by Gasteiger charge is 2.27. The van der Waals surface area contributed by atoms with Gasteiger partial charge in [-0.2, -0.15) is 0 Å². The van der Waals surface area contributed by atoms with Crippen molar-refractivity contribution in [3.8, 4) is 0 Å². The van der Waals surface area contributed by atoms with Gasteiger partial charge in [0.2, 0.25) is 15.9 Å². The number of piperidine rings is 1. The van der Waals surface area contributed by atoms with E-state index in [0.29, 0.717) is 13.0 Å². The van der Waals surface area contributed by atoms with Crippen LogP contribution in [-0.4, -0.2) is 55.2 Å². The highest BCUT2D eigenvalue weighted by Crippen LogP contribution is 2.20. The number of carboxylic acid groups (broad SMARTS) is 1. The summed E-state index contributed by atoms with van der Waals surface area (Å²) in [4.78, 5) is 24.3. The molecule has 1 heterocycles. The van der Waals surface area contributed by atoms with Crippen molar-refractivity contribution in [3.05, 3.63) is 0 Å². The van der Waals surface area contributed by atoms with Gasteiger partial charge in [0, 0.05) is 19.0 Å². The average Bonchev–Trinajstić information content (AvgIpc) is 2.43. The van der Waals surface area contributed by atoms with E-state index < -0.39 is 16.0 Å². The van der Waals surface area contributed by atoms with Crippen molar-refractivity contribution >= 4 is 21.9 Å². The van der Waals surface area contributed by atoms with Gasteiger partial charge in [0.15, 0.2) is 0 Å². The maximum Gasteiger partial charge on any atom is 0.303 e. The lowest BCUT2D eigenvalue weighted by atomic mass is 9.98. The summed E-state index contributed by atoms with van der Waals surface area (Å²) in [5.74, 6) is -1.23. The SMILES string of the molecule is CCS(=O)(=O)NCC(=O)N1CCCCC1CCC(=O)O. The largest absolute Gasteiger partial charge is 0.481 e. The van der Waals surface area contributed by atoms with E-state index in [1.807, 2.05) is 0 Å². The van der Waals surface area contributed by atoms with Gasteiger partial charge < -0.3 is 10.0 Å². The molecule has 1 atom stereocenters. The molecule has 0 aromatic carbocycles. The number of carbonyl (C=O) groups is 2. The minimum absolute atomic E-state index is 0.0230. The molecular formula is C12H22N2O5S. The maximum absolute atomic E-state index is 12.1. The zero-order chi connectivity index (χ0) is 15.2. The molecule has 1 aliphatic rings. The van der Waals surface area contributed by atoms with E-state index in [-0.39, 0.29) is 30.7 Å². The zero-order valence-electron chi connectivity index (χ0n) is 11.7. The number of likely N-dealkylation sites (tertiary alicyclic amines) is 1. The Labute approximate surface area is 119 Å². The molecule has 116 valence electrons. The number of amides is 1. The predicted octanol–water partition coefficient (Wildman–Crippen LogP) is 0.172. The number of nitrogens with zero attached hydrogens (tertiary/aromatic N) is 1. The van der Waals surface area contributed by atoms with Crippen LogP contribution in [0.3, 0.4) is 0 Å². The lowest BCUT2D eigenvalue weighted by Crippen LogP contribution is -2.48. The normalized spacial score (nSPS) is 19.9. The van der Waals surface area contributed by atoms with E-state index in [2.05, 4.69) is 4.72 Å². The summed E-state index contributed by atoms with van der Waals surface area (Å²) >= 11 is 0. The smallest absolute Gasteiger partial charge is 0.303 e. The summed E-state index contributed by atoms with van der Waals surface area (Å²) in [7, 11) is -3.39. The molecule has 7 nitrogen and oxygen atoms in total. The summed E-state index contributed by atoms with van der Waals surface area (Å²) in [6.07, 6.45) is 3.06. The number of aliphatic carboxylic acids is 1. The zero-order valence-corrected chi connectivity index (χ0v) is 12.5. The minimum atomic E-state index is -3.39. The number of hydrogen-bond acceptors (Lipinski definition) is 4. The summed E-state index contributed by atoms with van der Waals surface area (Å²) in [5.41, 5.74) is 0. The van der Waals surface area contributed by atoms with Crippen LogP contribution < -0.4 is 4.72 Å². The molecule has 0 bridgehead atoms. The fraction of sp³-hybridized carbons (Fsp3) is 0.833. The standard InChI is InChI=1S/C12H22N2O5S/c1-2-20(18,19)13-9-11(15)14-8-4-3-5-10(14)6-7-12(16)17/h10,13H,2-9H2,1H3,(H,16,17). The molecule has 0 saturated carbocycles. The Bertz CT molecular complexity index is 449. The Balaban J connectivity index is 2.56. The van der Waals surface area contributed by atoms with Crippen LogP contribution in [0.25, 0.3) is 0 Å². The quantitative estimate of drug-likeness (QED) is 0.698. The van der Waals surface area contributed by atoms with Crippen molar-refractivity contribution < 1.29 is 23.1 Å². The molecule has 1 unspecified atom stereocenters. The topological polar surface area (TPSA) is 104 Å². The minimum Gasteiger partial charge on any atom is -0.481 e. The molecule has 1 aliphatic heterocycles. The van der Waals surface area contributed by atoms with Gasteiger partial charge >= 0.3 is 5.97 Å². The molecule has 0 aliphatic carbocycles. The Hall–Kier alpha value is -1.15. The van der Waals surface area contributed by atoms with E-state index in [9.17, 15) is 18.0 Å². The fourth-order valence-electron chi connectivity index (χ4n) is 2.29. The second kappa shape index (κ2) is 7.58. The maximum atomic E-state index is 12.1. The summed E-state index contributed by atoms with van der Waals surface area (Å²) < 4.78 is 24.9. The number of carbonyl (C=O) groups excluding carboxylic acids is 1. The Morgan fingerprint density at radius 2 is 2.05 bits per heavy atom. The van der Waals surface area contributed by atoms with Crippen LogP contribution in [0, 0.1) is 0 Å². The van der Waals surface area contributed by atoms with Crippen molar-refractivity contribution in [2.75, 3.05) is 18.8 Å². The van der Waals surface area contributed by atoms with Crippen LogP contribution in [0.2, 0.25) is 0 Å². The van der Waals surface area contributed by atoms with Gasteiger partial charge in [0.05, 0.1) is 12.3 Å². The second-order valence-corrected chi connectivity index (χ2v) is 6.99. The third kappa shape index (κ3) is 5.46.